The molecule has 0 aliphatic carbocycles. The first-order chi connectivity index (χ1) is 9.01. The highest BCUT2D eigenvalue weighted by Crippen LogP contribution is 2.24. The molecule has 1 aliphatic heterocycles. The summed E-state index contributed by atoms with van der Waals surface area (Å²) in [5.41, 5.74) is 5.80. The highest BCUT2D eigenvalue weighted by atomic mass is 32.2. The van der Waals surface area contributed by atoms with Crippen LogP contribution in [0.2, 0.25) is 0 Å². The molecule has 0 radical (unpaired) electrons. The molecule has 1 fully saturated rings. The van der Waals surface area contributed by atoms with Gasteiger partial charge in [-0.15, -0.1) is 0 Å². The van der Waals surface area contributed by atoms with Crippen molar-refractivity contribution in [3.05, 3.63) is 24.3 Å². The van der Waals surface area contributed by atoms with Crippen molar-refractivity contribution in [1.29, 1.82) is 0 Å². The molecule has 0 bridgehead atoms. The summed E-state index contributed by atoms with van der Waals surface area (Å²) in [5, 5.41) is 2.72. The number of nitrogens with zero attached hydrogens (tertiary/aromatic N) is 1. The van der Waals surface area contributed by atoms with E-state index >= 15 is 0 Å². The topological polar surface area (TPSA) is 84.7 Å². The number of sulfonamides is 1. The Bertz CT molecular complexity index is 568. The van der Waals surface area contributed by atoms with Crippen LogP contribution in [-0.4, -0.2) is 44.1 Å². The first-order valence-electron chi connectivity index (χ1n) is 5.75. The average molecular weight is 301 g/mol. The molecule has 6 nitrogen and oxygen atoms in total. The summed E-state index contributed by atoms with van der Waals surface area (Å²) in [4.78, 5) is 0.171. The second-order valence-electron chi connectivity index (χ2n) is 4.00. The van der Waals surface area contributed by atoms with E-state index in [0.29, 0.717) is 32.0 Å². The molecule has 8 heteroatoms. The van der Waals surface area contributed by atoms with E-state index in [1.165, 1.54) is 10.4 Å². The van der Waals surface area contributed by atoms with E-state index < -0.39 is 10.0 Å². The standard InChI is InChI=1S/C11H15N3O3S2/c12-11(18)13-9-3-1-2-4-10(9)19(15,16)14-5-7-17-8-6-14/h1-4H,5-8H2,(H3,12,13,18). The molecule has 0 spiro atoms. The number of anilines is 1. The van der Waals surface area contributed by atoms with Crippen LogP contribution in [0.3, 0.4) is 0 Å². The first kappa shape index (κ1) is 14.2. The first-order valence-corrected chi connectivity index (χ1v) is 7.60. The highest BCUT2D eigenvalue weighted by molar-refractivity contribution is 7.89. The third-order valence-electron chi connectivity index (χ3n) is 2.73. The number of nitrogens with two attached hydrogens (primary N) is 1. The zero-order chi connectivity index (χ0) is 13.9. The number of benzene rings is 1. The van der Waals surface area contributed by atoms with Crippen molar-refractivity contribution in [3.63, 3.8) is 0 Å². The molecule has 104 valence electrons. The molecule has 19 heavy (non-hydrogen) atoms. The summed E-state index contributed by atoms with van der Waals surface area (Å²) in [6.07, 6.45) is 0. The third-order valence-corrected chi connectivity index (χ3v) is 4.79. The monoisotopic (exact) mass is 301 g/mol. The van der Waals surface area contributed by atoms with Crippen LogP contribution < -0.4 is 11.1 Å². The largest absolute Gasteiger partial charge is 0.379 e. The van der Waals surface area contributed by atoms with Crippen LogP contribution >= 0.6 is 12.2 Å². The van der Waals surface area contributed by atoms with Gasteiger partial charge in [0.05, 0.1) is 18.9 Å². The van der Waals surface area contributed by atoms with Gasteiger partial charge in [0.25, 0.3) is 0 Å². The summed E-state index contributed by atoms with van der Waals surface area (Å²) in [5.74, 6) is 0. The number of morpholine rings is 1. The van der Waals surface area contributed by atoms with Gasteiger partial charge in [-0.3, -0.25) is 0 Å². The summed E-state index contributed by atoms with van der Waals surface area (Å²) in [6, 6.07) is 6.55. The molecular formula is C11H15N3O3S2. The summed E-state index contributed by atoms with van der Waals surface area (Å²) >= 11 is 4.75. The predicted octanol–water partition coefficient (Wildman–Crippen LogP) is 0.363. The molecular weight excluding hydrogens is 286 g/mol. The molecule has 0 amide bonds. The Labute approximate surface area is 117 Å². The minimum Gasteiger partial charge on any atom is -0.379 e. The van der Waals surface area contributed by atoms with Gasteiger partial charge < -0.3 is 15.8 Å². The number of rotatable bonds is 3. The van der Waals surface area contributed by atoms with Crippen LogP contribution in [0.5, 0.6) is 0 Å². The van der Waals surface area contributed by atoms with Crippen molar-refractivity contribution < 1.29 is 13.2 Å². The summed E-state index contributed by atoms with van der Waals surface area (Å²) in [7, 11) is -3.56. The van der Waals surface area contributed by atoms with Gasteiger partial charge in [-0.1, -0.05) is 12.1 Å². The fraction of sp³-hybridized carbons (Fsp3) is 0.364. The smallest absolute Gasteiger partial charge is 0.245 e. The van der Waals surface area contributed by atoms with E-state index in [1.54, 1.807) is 18.2 Å². The molecule has 2 rings (SSSR count). The van der Waals surface area contributed by atoms with Gasteiger partial charge in [-0.05, 0) is 24.4 Å². The van der Waals surface area contributed by atoms with Crippen molar-refractivity contribution in [2.24, 2.45) is 5.73 Å². The van der Waals surface area contributed by atoms with Gasteiger partial charge in [-0.25, -0.2) is 8.42 Å². The van der Waals surface area contributed by atoms with Crippen LogP contribution in [-0.2, 0) is 14.8 Å². The number of nitrogens with one attached hydrogen (secondary N) is 1. The van der Waals surface area contributed by atoms with Gasteiger partial charge in [0.15, 0.2) is 5.11 Å². The quantitative estimate of drug-likeness (QED) is 0.784. The second kappa shape index (κ2) is 5.83. The maximum absolute atomic E-state index is 12.5. The number of ether oxygens (including phenoxy) is 1. The summed E-state index contributed by atoms with van der Waals surface area (Å²) in [6.45, 7) is 1.52. The average Bonchev–Trinajstić information content (AvgIpc) is 2.39. The molecule has 1 saturated heterocycles. The lowest BCUT2D eigenvalue weighted by molar-refractivity contribution is 0.0730. The second-order valence-corrected chi connectivity index (χ2v) is 6.35. The van der Waals surface area contributed by atoms with Gasteiger partial charge >= 0.3 is 0 Å². The number of thiocarbonyl (C=S) groups is 1. The molecule has 1 aromatic rings. The van der Waals surface area contributed by atoms with Gasteiger partial charge in [0.1, 0.15) is 4.90 Å². The van der Waals surface area contributed by atoms with Crippen LogP contribution in [0.1, 0.15) is 0 Å². The lowest BCUT2D eigenvalue weighted by Crippen LogP contribution is -2.41. The molecule has 0 atom stereocenters. The predicted molar refractivity (Wildman–Crippen MR) is 76.4 cm³/mol. The lowest BCUT2D eigenvalue weighted by Gasteiger charge is -2.26. The normalized spacial score (nSPS) is 17.1. The van der Waals surface area contributed by atoms with Crippen LogP contribution in [0.25, 0.3) is 0 Å². The number of hydrogen-bond acceptors (Lipinski definition) is 4. The van der Waals surface area contributed by atoms with Crippen LogP contribution in [0.4, 0.5) is 5.69 Å². The molecule has 1 aliphatic rings. The minimum absolute atomic E-state index is 0.0321. The Morgan fingerprint density at radius 2 is 1.95 bits per heavy atom. The Morgan fingerprint density at radius 1 is 1.32 bits per heavy atom. The fourth-order valence-corrected chi connectivity index (χ4v) is 3.52. The molecule has 1 heterocycles. The number of hydrogen-bond donors (Lipinski definition) is 2. The van der Waals surface area contributed by atoms with Crippen LogP contribution in [0.15, 0.2) is 29.2 Å². The highest BCUT2D eigenvalue weighted by Gasteiger charge is 2.28. The fourth-order valence-electron chi connectivity index (χ4n) is 1.85. The Hall–Kier alpha value is -1.22. The summed E-state index contributed by atoms with van der Waals surface area (Å²) < 4.78 is 31.6. The SMILES string of the molecule is NC(=S)Nc1ccccc1S(=O)(=O)N1CCOCC1. The van der Waals surface area contributed by atoms with Crippen molar-refractivity contribution in [2.75, 3.05) is 31.6 Å². The molecule has 1 aromatic carbocycles. The number of para-hydroxylation sites is 1. The van der Waals surface area contributed by atoms with Crippen molar-refractivity contribution in [3.8, 4) is 0 Å². The molecule has 0 aromatic heterocycles. The van der Waals surface area contributed by atoms with E-state index in [2.05, 4.69) is 5.32 Å². The van der Waals surface area contributed by atoms with E-state index in [4.69, 9.17) is 22.7 Å². The van der Waals surface area contributed by atoms with Crippen LogP contribution in [0, 0.1) is 0 Å². The third kappa shape index (κ3) is 3.21. The van der Waals surface area contributed by atoms with Crippen molar-refractivity contribution in [2.45, 2.75) is 4.90 Å². The van der Waals surface area contributed by atoms with E-state index in [1.807, 2.05) is 0 Å². The zero-order valence-electron chi connectivity index (χ0n) is 10.2. The van der Waals surface area contributed by atoms with Crippen molar-refractivity contribution >= 4 is 33.0 Å². The van der Waals surface area contributed by atoms with E-state index in [9.17, 15) is 8.42 Å². The van der Waals surface area contributed by atoms with E-state index in [0.717, 1.165) is 0 Å². The Kier molecular flexibility index (Phi) is 4.35. The Morgan fingerprint density at radius 3 is 2.58 bits per heavy atom. The zero-order valence-corrected chi connectivity index (χ0v) is 11.8. The molecule has 0 saturated carbocycles. The lowest BCUT2D eigenvalue weighted by atomic mass is 10.3. The van der Waals surface area contributed by atoms with E-state index in [-0.39, 0.29) is 10.0 Å². The van der Waals surface area contributed by atoms with Gasteiger partial charge in [0.2, 0.25) is 10.0 Å². The maximum Gasteiger partial charge on any atom is 0.245 e. The molecule has 3 N–H and O–H groups in total. The van der Waals surface area contributed by atoms with Gasteiger partial charge in [0, 0.05) is 13.1 Å². The minimum atomic E-state index is -3.56. The Balaban J connectivity index is 2.36. The maximum atomic E-state index is 12.5. The van der Waals surface area contributed by atoms with Crippen molar-refractivity contribution in [1.82, 2.24) is 4.31 Å². The molecule has 0 unspecified atom stereocenters. The van der Waals surface area contributed by atoms with Gasteiger partial charge in [-0.2, -0.15) is 4.31 Å².